The average molecular weight is 225 g/mol. The van der Waals surface area contributed by atoms with E-state index >= 15 is 0 Å². The number of hydrogen-bond acceptors (Lipinski definition) is 4. The molecule has 0 fully saturated rings. The van der Waals surface area contributed by atoms with Crippen molar-refractivity contribution >= 4 is 5.78 Å². The number of methoxy groups -OCH3 is 1. The number of carbonyl (C=O) groups excluding carboxylic acids is 1. The van der Waals surface area contributed by atoms with E-state index in [1.54, 1.807) is 14.0 Å². The maximum Gasteiger partial charge on any atom is 0.129 e. The second-order valence-electron chi connectivity index (χ2n) is 3.87. The Morgan fingerprint density at radius 3 is 3.00 bits per heavy atom. The zero-order valence-electron chi connectivity index (χ0n) is 9.98. The van der Waals surface area contributed by atoms with E-state index in [-0.39, 0.29) is 5.78 Å². The smallest absolute Gasteiger partial charge is 0.129 e. The van der Waals surface area contributed by atoms with E-state index < -0.39 is 0 Å². The van der Waals surface area contributed by atoms with Crippen molar-refractivity contribution in [2.75, 3.05) is 13.7 Å². The molecule has 0 bridgehead atoms. The summed E-state index contributed by atoms with van der Waals surface area (Å²) in [5, 5.41) is 8.05. The third kappa shape index (κ3) is 5.02. The van der Waals surface area contributed by atoms with Gasteiger partial charge in [-0.15, -0.1) is 5.10 Å². The molecule has 0 aliphatic rings. The highest BCUT2D eigenvalue weighted by Gasteiger charge is 2.00. The topological polar surface area (TPSA) is 57.0 Å². The standard InChI is InChI=1S/C11H19N3O2/c1-10(15)5-3-4-7-14-9-11(12-13-14)6-8-16-2/h9H,3-8H2,1-2H3. The monoisotopic (exact) mass is 225 g/mol. The normalized spacial score (nSPS) is 10.6. The zero-order valence-corrected chi connectivity index (χ0v) is 9.98. The van der Waals surface area contributed by atoms with Crippen LogP contribution in [0.15, 0.2) is 6.20 Å². The van der Waals surface area contributed by atoms with Gasteiger partial charge in [0.1, 0.15) is 5.78 Å². The van der Waals surface area contributed by atoms with Crippen LogP contribution in [0.4, 0.5) is 0 Å². The van der Waals surface area contributed by atoms with Gasteiger partial charge in [0.2, 0.25) is 0 Å². The molecule has 0 unspecified atom stereocenters. The Morgan fingerprint density at radius 1 is 1.50 bits per heavy atom. The first-order valence-corrected chi connectivity index (χ1v) is 5.59. The Bertz CT molecular complexity index is 323. The second-order valence-corrected chi connectivity index (χ2v) is 3.87. The van der Waals surface area contributed by atoms with Gasteiger partial charge in [0, 0.05) is 32.7 Å². The van der Waals surface area contributed by atoms with Gasteiger partial charge in [-0.2, -0.15) is 0 Å². The fraction of sp³-hybridized carbons (Fsp3) is 0.727. The molecule has 0 spiro atoms. The third-order valence-corrected chi connectivity index (χ3v) is 2.31. The lowest BCUT2D eigenvalue weighted by Gasteiger charge is -1.98. The van der Waals surface area contributed by atoms with E-state index in [2.05, 4.69) is 10.3 Å². The van der Waals surface area contributed by atoms with Crippen LogP contribution in [0.5, 0.6) is 0 Å². The third-order valence-electron chi connectivity index (χ3n) is 2.31. The van der Waals surface area contributed by atoms with Crippen molar-refractivity contribution < 1.29 is 9.53 Å². The second kappa shape index (κ2) is 7.11. The van der Waals surface area contributed by atoms with Crippen molar-refractivity contribution in [1.82, 2.24) is 15.0 Å². The predicted molar refractivity (Wildman–Crippen MR) is 60.1 cm³/mol. The molecule has 1 aromatic heterocycles. The minimum Gasteiger partial charge on any atom is -0.384 e. The minimum atomic E-state index is 0.249. The molecule has 5 nitrogen and oxygen atoms in total. The minimum absolute atomic E-state index is 0.249. The summed E-state index contributed by atoms with van der Waals surface area (Å²) in [5.74, 6) is 0.249. The van der Waals surface area contributed by atoms with Crippen molar-refractivity contribution in [2.45, 2.75) is 39.2 Å². The maximum atomic E-state index is 10.7. The number of rotatable bonds is 8. The van der Waals surface area contributed by atoms with E-state index in [1.807, 2.05) is 10.9 Å². The van der Waals surface area contributed by atoms with Crippen molar-refractivity contribution in [2.24, 2.45) is 0 Å². The van der Waals surface area contributed by atoms with E-state index in [0.717, 1.165) is 31.5 Å². The molecule has 0 amide bonds. The molecule has 0 saturated heterocycles. The first-order chi connectivity index (χ1) is 7.72. The number of aryl methyl sites for hydroxylation is 1. The summed E-state index contributed by atoms with van der Waals surface area (Å²) >= 11 is 0. The lowest BCUT2D eigenvalue weighted by Crippen LogP contribution is -2.00. The molecule has 0 saturated carbocycles. The SMILES string of the molecule is COCCc1cn(CCCCC(C)=O)nn1. The Kier molecular flexibility index (Phi) is 5.71. The molecule has 16 heavy (non-hydrogen) atoms. The zero-order chi connectivity index (χ0) is 11.8. The van der Waals surface area contributed by atoms with Crippen LogP contribution in [0.3, 0.4) is 0 Å². The summed E-state index contributed by atoms with van der Waals surface area (Å²) < 4.78 is 6.79. The predicted octanol–water partition coefficient (Wildman–Crippen LogP) is 1.23. The van der Waals surface area contributed by atoms with Crippen LogP contribution in [0.2, 0.25) is 0 Å². The van der Waals surface area contributed by atoms with Gasteiger partial charge in [0.25, 0.3) is 0 Å². The molecule has 5 heteroatoms. The molecule has 0 aromatic carbocycles. The molecule has 0 atom stereocenters. The lowest BCUT2D eigenvalue weighted by atomic mass is 10.2. The molecule has 0 N–H and O–H groups in total. The fourth-order valence-electron chi connectivity index (χ4n) is 1.42. The number of aromatic nitrogens is 3. The van der Waals surface area contributed by atoms with Crippen LogP contribution in [0, 0.1) is 0 Å². The summed E-state index contributed by atoms with van der Waals surface area (Å²) in [6.07, 6.45) is 5.28. The number of Topliss-reactive ketones (excluding diaryl/α,β-unsaturated/α-hetero) is 1. The molecule has 0 aliphatic carbocycles. The van der Waals surface area contributed by atoms with Crippen molar-refractivity contribution in [1.29, 1.82) is 0 Å². The highest BCUT2D eigenvalue weighted by atomic mass is 16.5. The van der Waals surface area contributed by atoms with E-state index in [1.165, 1.54) is 0 Å². The fourth-order valence-corrected chi connectivity index (χ4v) is 1.42. The van der Waals surface area contributed by atoms with Gasteiger partial charge in [-0.05, 0) is 19.8 Å². The molecular weight excluding hydrogens is 206 g/mol. The molecule has 1 aromatic rings. The number of ketones is 1. The maximum absolute atomic E-state index is 10.7. The van der Waals surface area contributed by atoms with Gasteiger partial charge in [0.05, 0.1) is 12.3 Å². The molecule has 0 radical (unpaired) electrons. The van der Waals surface area contributed by atoms with Crippen LogP contribution in [0.1, 0.15) is 31.9 Å². The summed E-state index contributed by atoms with van der Waals surface area (Å²) in [6.45, 7) is 3.12. The van der Waals surface area contributed by atoms with Gasteiger partial charge in [-0.1, -0.05) is 5.21 Å². The van der Waals surface area contributed by atoms with E-state index in [4.69, 9.17) is 4.74 Å². The summed E-state index contributed by atoms with van der Waals surface area (Å²) in [6, 6.07) is 0. The Hall–Kier alpha value is -1.23. The highest BCUT2D eigenvalue weighted by molar-refractivity contribution is 5.75. The summed E-state index contributed by atoms with van der Waals surface area (Å²) in [7, 11) is 1.67. The van der Waals surface area contributed by atoms with E-state index in [9.17, 15) is 4.79 Å². The van der Waals surface area contributed by atoms with Crippen molar-refractivity contribution in [3.63, 3.8) is 0 Å². The average Bonchev–Trinajstić information content (AvgIpc) is 2.69. The first kappa shape index (κ1) is 12.8. The van der Waals surface area contributed by atoms with Crippen LogP contribution >= 0.6 is 0 Å². The van der Waals surface area contributed by atoms with Crippen LogP contribution in [-0.2, 0) is 22.5 Å². The number of ether oxygens (including phenoxy) is 1. The van der Waals surface area contributed by atoms with Crippen molar-refractivity contribution in [3.8, 4) is 0 Å². The molecule has 1 rings (SSSR count). The summed E-state index contributed by atoms with van der Waals surface area (Å²) in [4.78, 5) is 10.7. The number of unbranched alkanes of at least 4 members (excludes halogenated alkanes) is 1. The van der Waals surface area contributed by atoms with Gasteiger partial charge >= 0.3 is 0 Å². The lowest BCUT2D eigenvalue weighted by molar-refractivity contribution is -0.117. The Labute approximate surface area is 95.8 Å². The number of nitrogens with zero attached hydrogens (tertiary/aromatic N) is 3. The molecular formula is C11H19N3O2. The molecule has 90 valence electrons. The van der Waals surface area contributed by atoms with Crippen LogP contribution in [0.25, 0.3) is 0 Å². The van der Waals surface area contributed by atoms with Crippen molar-refractivity contribution in [3.05, 3.63) is 11.9 Å². The van der Waals surface area contributed by atoms with E-state index in [0.29, 0.717) is 13.0 Å². The number of hydrogen-bond donors (Lipinski definition) is 0. The van der Waals surface area contributed by atoms with Crippen LogP contribution in [-0.4, -0.2) is 34.5 Å². The number of carbonyl (C=O) groups is 1. The molecule has 1 heterocycles. The quantitative estimate of drug-likeness (QED) is 0.624. The first-order valence-electron chi connectivity index (χ1n) is 5.59. The molecule has 0 aliphatic heterocycles. The summed E-state index contributed by atoms with van der Waals surface area (Å²) in [5.41, 5.74) is 0.952. The van der Waals surface area contributed by atoms with Gasteiger partial charge in [-0.25, -0.2) is 0 Å². The van der Waals surface area contributed by atoms with Gasteiger partial charge in [0.15, 0.2) is 0 Å². The van der Waals surface area contributed by atoms with Gasteiger partial charge in [-0.3, -0.25) is 4.68 Å². The Morgan fingerprint density at radius 2 is 2.31 bits per heavy atom. The Balaban J connectivity index is 2.21. The highest BCUT2D eigenvalue weighted by Crippen LogP contribution is 2.01. The van der Waals surface area contributed by atoms with Crippen LogP contribution < -0.4 is 0 Å². The largest absolute Gasteiger partial charge is 0.384 e. The van der Waals surface area contributed by atoms with Gasteiger partial charge < -0.3 is 9.53 Å².